The van der Waals surface area contributed by atoms with Crippen molar-refractivity contribution >= 4 is 10.0 Å². The molecule has 1 atom stereocenters. The Morgan fingerprint density at radius 2 is 1.80 bits per heavy atom. The molecule has 2 N–H and O–H groups in total. The maximum atomic E-state index is 13.0. The Hall–Kier alpha value is -2.45. The lowest BCUT2D eigenvalue weighted by Crippen LogP contribution is -2.27. The van der Waals surface area contributed by atoms with Crippen molar-refractivity contribution in [2.45, 2.75) is 38.6 Å². The zero-order chi connectivity index (χ0) is 18.2. The molecule has 0 amide bonds. The number of benzene rings is 1. The number of rotatable bonds is 5. The first kappa shape index (κ1) is 17.4. The first-order chi connectivity index (χ1) is 11.8. The summed E-state index contributed by atoms with van der Waals surface area (Å²) in [7, 11) is -3.80. The summed E-state index contributed by atoms with van der Waals surface area (Å²) < 4.78 is 34.0. The molecule has 0 fully saturated rings. The summed E-state index contributed by atoms with van der Waals surface area (Å²) in [5.74, 6) is 0.634. The molecule has 0 radical (unpaired) electrons. The zero-order valence-electron chi connectivity index (χ0n) is 14.5. The Morgan fingerprint density at radius 1 is 1.12 bits per heavy atom. The van der Waals surface area contributed by atoms with Crippen LogP contribution in [0, 0.1) is 20.8 Å². The zero-order valence-corrected chi connectivity index (χ0v) is 15.3. The second-order valence-corrected chi connectivity index (χ2v) is 7.63. The molecule has 3 aromatic rings. The third kappa shape index (κ3) is 3.35. The van der Waals surface area contributed by atoms with Gasteiger partial charge in [0.1, 0.15) is 4.90 Å². The molecule has 1 aromatic carbocycles. The van der Waals surface area contributed by atoms with Gasteiger partial charge in [0, 0.05) is 17.4 Å². The van der Waals surface area contributed by atoms with Gasteiger partial charge in [0.25, 0.3) is 5.89 Å². The lowest BCUT2D eigenvalue weighted by atomic mass is 10.1. The molecule has 0 bridgehead atoms. The monoisotopic (exact) mass is 360 g/mol. The van der Waals surface area contributed by atoms with Crippen LogP contribution in [-0.4, -0.2) is 23.5 Å². The van der Waals surface area contributed by atoms with Gasteiger partial charge < -0.3 is 9.51 Å². The molecule has 0 spiro atoms. The van der Waals surface area contributed by atoms with Crippen LogP contribution in [0.3, 0.4) is 0 Å². The molecule has 0 aliphatic heterocycles. The molecule has 25 heavy (non-hydrogen) atoms. The molecule has 132 valence electrons. The molecule has 3 rings (SSSR count). The van der Waals surface area contributed by atoms with Crippen LogP contribution in [0.4, 0.5) is 0 Å². The van der Waals surface area contributed by atoms with Crippen LogP contribution in [0.5, 0.6) is 0 Å². The van der Waals surface area contributed by atoms with Gasteiger partial charge in [0.2, 0.25) is 10.0 Å². The molecule has 0 aliphatic rings. The molecule has 0 saturated carbocycles. The van der Waals surface area contributed by atoms with Crippen LogP contribution < -0.4 is 4.72 Å². The number of nitrogens with one attached hydrogen (secondary N) is 2. The number of nitrogens with zero attached hydrogens (tertiary/aromatic N) is 2. The van der Waals surface area contributed by atoms with Gasteiger partial charge in [0.15, 0.2) is 5.82 Å². The second-order valence-electron chi connectivity index (χ2n) is 5.98. The molecule has 0 unspecified atom stereocenters. The van der Waals surface area contributed by atoms with Gasteiger partial charge in [-0.2, -0.15) is 4.98 Å². The van der Waals surface area contributed by atoms with Gasteiger partial charge in [0.05, 0.1) is 5.56 Å². The van der Waals surface area contributed by atoms with E-state index in [2.05, 4.69) is 19.8 Å². The average molecular weight is 360 g/mol. The van der Waals surface area contributed by atoms with Crippen molar-refractivity contribution in [2.75, 3.05) is 0 Å². The third-order valence-electron chi connectivity index (χ3n) is 3.96. The van der Waals surface area contributed by atoms with Crippen LogP contribution in [-0.2, 0) is 10.0 Å². The van der Waals surface area contributed by atoms with Gasteiger partial charge in [-0.15, -0.1) is 0 Å². The largest absolute Gasteiger partial charge is 0.361 e. The number of sulfonamides is 1. The van der Waals surface area contributed by atoms with Crippen LogP contribution >= 0.6 is 0 Å². The Balaban J connectivity index is 2.03. The Morgan fingerprint density at radius 3 is 2.40 bits per heavy atom. The van der Waals surface area contributed by atoms with Gasteiger partial charge in [-0.1, -0.05) is 35.5 Å². The molecular formula is C17H20N4O3S. The lowest BCUT2D eigenvalue weighted by molar-refractivity contribution is 0.424. The second kappa shape index (κ2) is 6.45. The van der Waals surface area contributed by atoms with Gasteiger partial charge in [-0.3, -0.25) is 0 Å². The summed E-state index contributed by atoms with van der Waals surface area (Å²) in [5, 5.41) is 3.76. The number of hydrogen-bond acceptors (Lipinski definition) is 5. The summed E-state index contributed by atoms with van der Waals surface area (Å²) in [4.78, 5) is 7.37. The quantitative estimate of drug-likeness (QED) is 0.728. The minimum absolute atomic E-state index is 0.136. The van der Waals surface area contributed by atoms with Crippen LogP contribution in [0.1, 0.15) is 35.7 Å². The summed E-state index contributed by atoms with van der Waals surface area (Å²) in [6, 6.07) is 9.02. The van der Waals surface area contributed by atoms with E-state index < -0.39 is 10.0 Å². The SMILES string of the molecule is Cc1noc(-c2c(C)[nH]c(C)c2S(=O)(=O)N[C@@H](C)c2ccccc2)n1. The van der Waals surface area contributed by atoms with Crippen molar-refractivity contribution in [3.05, 3.63) is 53.1 Å². The molecule has 2 aromatic heterocycles. The van der Waals surface area contributed by atoms with E-state index in [0.29, 0.717) is 22.8 Å². The summed E-state index contributed by atoms with van der Waals surface area (Å²) in [6.45, 7) is 6.98. The van der Waals surface area contributed by atoms with E-state index in [1.807, 2.05) is 30.3 Å². The first-order valence-corrected chi connectivity index (χ1v) is 9.35. The van der Waals surface area contributed by atoms with Crippen molar-refractivity contribution < 1.29 is 12.9 Å². The van der Waals surface area contributed by atoms with Gasteiger partial charge >= 0.3 is 0 Å². The number of H-pyrrole nitrogens is 1. The maximum Gasteiger partial charge on any atom is 0.261 e. The van der Waals surface area contributed by atoms with Crippen molar-refractivity contribution in [1.29, 1.82) is 0 Å². The van der Waals surface area contributed by atoms with Gasteiger partial charge in [-0.05, 0) is 33.3 Å². The minimum atomic E-state index is -3.80. The van der Waals surface area contributed by atoms with E-state index in [1.54, 1.807) is 27.7 Å². The van der Waals surface area contributed by atoms with Gasteiger partial charge in [-0.25, -0.2) is 13.1 Å². The van der Waals surface area contributed by atoms with Crippen molar-refractivity contribution in [3.63, 3.8) is 0 Å². The van der Waals surface area contributed by atoms with Crippen molar-refractivity contribution in [2.24, 2.45) is 0 Å². The summed E-state index contributed by atoms with van der Waals surface area (Å²) in [6.07, 6.45) is 0. The molecular weight excluding hydrogens is 340 g/mol. The van der Waals surface area contributed by atoms with Crippen molar-refractivity contribution in [1.82, 2.24) is 19.8 Å². The number of aromatic nitrogens is 3. The molecule has 0 aliphatic carbocycles. The van der Waals surface area contributed by atoms with E-state index in [0.717, 1.165) is 5.56 Å². The van der Waals surface area contributed by atoms with E-state index >= 15 is 0 Å². The fourth-order valence-corrected chi connectivity index (χ4v) is 4.53. The maximum absolute atomic E-state index is 13.0. The fraction of sp³-hybridized carbons (Fsp3) is 0.294. The van der Waals surface area contributed by atoms with Crippen LogP contribution in [0.25, 0.3) is 11.5 Å². The number of hydrogen-bond donors (Lipinski definition) is 2. The highest BCUT2D eigenvalue weighted by Crippen LogP contribution is 2.33. The Bertz CT molecular complexity index is 990. The van der Waals surface area contributed by atoms with E-state index in [-0.39, 0.29) is 16.8 Å². The van der Waals surface area contributed by atoms with E-state index in [1.165, 1.54) is 0 Å². The molecule has 0 saturated heterocycles. The van der Waals surface area contributed by atoms with E-state index in [4.69, 9.17) is 4.52 Å². The summed E-state index contributed by atoms with van der Waals surface area (Å²) >= 11 is 0. The highest BCUT2D eigenvalue weighted by atomic mass is 32.2. The Kier molecular flexibility index (Phi) is 4.49. The standard InChI is InChI=1S/C17H20N4O3S/c1-10(14-8-6-5-7-9-14)21-25(22,23)16-12(3)18-11(2)15(16)17-19-13(4)20-24-17/h5-10,18,21H,1-4H3/t10-/m0/s1. The molecule has 8 heteroatoms. The normalized spacial score (nSPS) is 13.1. The Labute approximate surface area is 146 Å². The first-order valence-electron chi connectivity index (χ1n) is 7.86. The number of aromatic amines is 1. The topological polar surface area (TPSA) is 101 Å². The predicted molar refractivity (Wildman–Crippen MR) is 93.5 cm³/mol. The molecule has 2 heterocycles. The minimum Gasteiger partial charge on any atom is -0.361 e. The third-order valence-corrected chi connectivity index (χ3v) is 5.67. The average Bonchev–Trinajstić information content (AvgIpc) is 3.10. The van der Waals surface area contributed by atoms with Crippen LogP contribution in [0.15, 0.2) is 39.8 Å². The fourth-order valence-electron chi connectivity index (χ4n) is 2.85. The van der Waals surface area contributed by atoms with Crippen molar-refractivity contribution in [3.8, 4) is 11.5 Å². The number of aryl methyl sites for hydroxylation is 3. The highest BCUT2D eigenvalue weighted by Gasteiger charge is 2.30. The van der Waals surface area contributed by atoms with E-state index in [9.17, 15) is 8.42 Å². The highest BCUT2D eigenvalue weighted by molar-refractivity contribution is 7.89. The lowest BCUT2D eigenvalue weighted by Gasteiger charge is -2.15. The molecule has 7 nitrogen and oxygen atoms in total. The summed E-state index contributed by atoms with van der Waals surface area (Å²) in [5.41, 5.74) is 2.47. The van der Waals surface area contributed by atoms with Crippen LogP contribution in [0.2, 0.25) is 0 Å². The smallest absolute Gasteiger partial charge is 0.261 e. The predicted octanol–water partition coefficient (Wildman–Crippen LogP) is 3.03.